The Bertz CT molecular complexity index is 453. The number of carbonyl (C=O) groups excluding carboxylic acids is 2. The SMILES string of the molecule is COC(=O)c1cccc(CSCC(N)C(=O)OC)n1. The molecule has 0 bridgehead atoms. The molecule has 0 aromatic carbocycles. The van der Waals surface area contributed by atoms with Gasteiger partial charge in [-0.15, -0.1) is 0 Å². The number of rotatable bonds is 6. The van der Waals surface area contributed by atoms with E-state index in [2.05, 4.69) is 14.5 Å². The highest BCUT2D eigenvalue weighted by Gasteiger charge is 2.13. The number of aromatic nitrogens is 1. The van der Waals surface area contributed by atoms with Gasteiger partial charge in [0.25, 0.3) is 0 Å². The molecular weight excluding hydrogens is 268 g/mol. The van der Waals surface area contributed by atoms with E-state index < -0.39 is 18.0 Å². The first-order valence-corrected chi connectivity index (χ1v) is 6.69. The van der Waals surface area contributed by atoms with E-state index in [1.54, 1.807) is 18.2 Å². The minimum absolute atomic E-state index is 0.262. The van der Waals surface area contributed by atoms with Crippen molar-refractivity contribution in [3.63, 3.8) is 0 Å². The van der Waals surface area contributed by atoms with Gasteiger partial charge in [-0.1, -0.05) is 6.07 Å². The third-order valence-electron chi connectivity index (χ3n) is 2.25. The van der Waals surface area contributed by atoms with Crippen LogP contribution in [0.2, 0.25) is 0 Å². The Hall–Kier alpha value is -1.60. The van der Waals surface area contributed by atoms with Gasteiger partial charge in [0, 0.05) is 11.5 Å². The lowest BCUT2D eigenvalue weighted by Crippen LogP contribution is -2.33. The van der Waals surface area contributed by atoms with Crippen LogP contribution in [0.5, 0.6) is 0 Å². The van der Waals surface area contributed by atoms with Crippen LogP contribution in [0.1, 0.15) is 16.2 Å². The first-order chi connectivity index (χ1) is 9.08. The summed E-state index contributed by atoms with van der Waals surface area (Å²) in [5.74, 6) is 0.0636. The maximum atomic E-state index is 11.3. The van der Waals surface area contributed by atoms with E-state index >= 15 is 0 Å². The molecule has 1 aromatic heterocycles. The third kappa shape index (κ3) is 4.88. The number of carbonyl (C=O) groups is 2. The number of methoxy groups -OCH3 is 2. The van der Waals surface area contributed by atoms with Crippen LogP contribution in [0.4, 0.5) is 0 Å². The highest BCUT2D eigenvalue weighted by molar-refractivity contribution is 7.98. The molecule has 6 nitrogen and oxygen atoms in total. The number of ether oxygens (including phenoxy) is 2. The van der Waals surface area contributed by atoms with Crippen molar-refractivity contribution in [3.8, 4) is 0 Å². The average molecular weight is 284 g/mol. The maximum absolute atomic E-state index is 11.3. The third-order valence-corrected chi connectivity index (χ3v) is 3.35. The zero-order valence-corrected chi connectivity index (χ0v) is 11.6. The van der Waals surface area contributed by atoms with Gasteiger partial charge in [-0.05, 0) is 12.1 Å². The summed E-state index contributed by atoms with van der Waals surface area (Å²) in [5, 5.41) is 0. The molecule has 0 amide bonds. The fourth-order valence-electron chi connectivity index (χ4n) is 1.29. The topological polar surface area (TPSA) is 91.5 Å². The highest BCUT2D eigenvalue weighted by Crippen LogP contribution is 2.12. The van der Waals surface area contributed by atoms with Gasteiger partial charge < -0.3 is 15.2 Å². The molecule has 1 rings (SSSR count). The summed E-state index contributed by atoms with van der Waals surface area (Å²) in [6.45, 7) is 0. The van der Waals surface area contributed by atoms with Crippen LogP contribution in [0, 0.1) is 0 Å². The predicted molar refractivity (Wildman–Crippen MR) is 71.7 cm³/mol. The van der Waals surface area contributed by atoms with Crippen molar-refractivity contribution in [3.05, 3.63) is 29.6 Å². The van der Waals surface area contributed by atoms with E-state index in [1.165, 1.54) is 26.0 Å². The quantitative estimate of drug-likeness (QED) is 0.765. The maximum Gasteiger partial charge on any atom is 0.356 e. The number of hydrogen-bond donors (Lipinski definition) is 1. The summed E-state index contributed by atoms with van der Waals surface area (Å²) >= 11 is 1.45. The number of nitrogens with zero attached hydrogens (tertiary/aromatic N) is 1. The second-order valence-corrected chi connectivity index (χ2v) is 4.68. The first kappa shape index (κ1) is 15.5. The number of hydrogen-bond acceptors (Lipinski definition) is 7. The Morgan fingerprint density at radius 2 is 2.11 bits per heavy atom. The Morgan fingerprint density at radius 3 is 2.74 bits per heavy atom. The van der Waals surface area contributed by atoms with Gasteiger partial charge in [0.05, 0.1) is 19.9 Å². The second-order valence-electron chi connectivity index (χ2n) is 3.65. The molecule has 1 heterocycles. The van der Waals surface area contributed by atoms with E-state index in [0.29, 0.717) is 11.5 Å². The van der Waals surface area contributed by atoms with E-state index in [9.17, 15) is 9.59 Å². The zero-order chi connectivity index (χ0) is 14.3. The smallest absolute Gasteiger partial charge is 0.356 e. The lowest BCUT2D eigenvalue weighted by molar-refractivity contribution is -0.141. The molecule has 19 heavy (non-hydrogen) atoms. The lowest BCUT2D eigenvalue weighted by atomic mass is 10.3. The van der Waals surface area contributed by atoms with Crippen molar-refractivity contribution in [1.82, 2.24) is 4.98 Å². The van der Waals surface area contributed by atoms with E-state index in [-0.39, 0.29) is 5.69 Å². The van der Waals surface area contributed by atoms with Crippen molar-refractivity contribution in [2.75, 3.05) is 20.0 Å². The van der Waals surface area contributed by atoms with Crippen molar-refractivity contribution in [2.24, 2.45) is 5.73 Å². The van der Waals surface area contributed by atoms with Gasteiger partial charge in [-0.25, -0.2) is 9.78 Å². The molecule has 0 fully saturated rings. The van der Waals surface area contributed by atoms with Crippen LogP contribution in [-0.2, 0) is 20.0 Å². The predicted octanol–water partition coefficient (Wildman–Crippen LogP) is 0.602. The summed E-state index contributed by atoms with van der Waals surface area (Å²) in [6, 6.07) is 4.46. The fraction of sp³-hybridized carbons (Fsp3) is 0.417. The van der Waals surface area contributed by atoms with E-state index in [0.717, 1.165) is 5.69 Å². The minimum atomic E-state index is -0.654. The molecule has 0 aliphatic carbocycles. The standard InChI is InChI=1S/C12H16N2O4S/c1-17-11(15)9(13)7-19-6-8-4-3-5-10(14-8)12(16)18-2/h3-5,9H,6-7,13H2,1-2H3. The summed E-state index contributed by atoms with van der Waals surface area (Å²) in [6.07, 6.45) is 0. The molecule has 1 aromatic rings. The lowest BCUT2D eigenvalue weighted by Gasteiger charge is -2.08. The Morgan fingerprint density at radius 1 is 1.37 bits per heavy atom. The van der Waals surface area contributed by atoms with Gasteiger partial charge in [0.1, 0.15) is 11.7 Å². The molecule has 104 valence electrons. The molecule has 0 aliphatic heterocycles. The molecule has 0 aliphatic rings. The van der Waals surface area contributed by atoms with Gasteiger partial charge >= 0.3 is 11.9 Å². The van der Waals surface area contributed by atoms with Crippen molar-refractivity contribution in [2.45, 2.75) is 11.8 Å². The Labute approximate surface area is 115 Å². The number of pyridine rings is 1. The average Bonchev–Trinajstić information content (AvgIpc) is 2.45. The molecule has 0 radical (unpaired) electrons. The Balaban J connectivity index is 2.50. The number of nitrogens with two attached hydrogens (primary N) is 1. The van der Waals surface area contributed by atoms with Gasteiger partial charge in [0.15, 0.2) is 0 Å². The molecule has 1 unspecified atom stereocenters. The molecule has 0 spiro atoms. The van der Waals surface area contributed by atoms with Gasteiger partial charge in [-0.2, -0.15) is 11.8 Å². The monoisotopic (exact) mass is 284 g/mol. The Kier molecular flexibility index (Phi) is 6.31. The summed E-state index contributed by atoms with van der Waals surface area (Å²) in [7, 11) is 2.61. The van der Waals surface area contributed by atoms with Gasteiger partial charge in [0.2, 0.25) is 0 Å². The fourth-order valence-corrected chi connectivity index (χ4v) is 2.17. The molecular formula is C12H16N2O4S. The van der Waals surface area contributed by atoms with Crippen LogP contribution in [0.3, 0.4) is 0 Å². The van der Waals surface area contributed by atoms with Crippen LogP contribution < -0.4 is 5.73 Å². The van der Waals surface area contributed by atoms with E-state index in [4.69, 9.17) is 5.73 Å². The van der Waals surface area contributed by atoms with Crippen molar-refractivity contribution >= 4 is 23.7 Å². The van der Waals surface area contributed by atoms with Crippen LogP contribution in [0.15, 0.2) is 18.2 Å². The summed E-state index contributed by atoms with van der Waals surface area (Å²) < 4.78 is 9.12. The first-order valence-electron chi connectivity index (χ1n) is 5.54. The molecule has 7 heteroatoms. The minimum Gasteiger partial charge on any atom is -0.468 e. The normalized spacial score (nSPS) is 11.7. The highest BCUT2D eigenvalue weighted by atomic mass is 32.2. The molecule has 0 saturated carbocycles. The summed E-state index contributed by atoms with van der Waals surface area (Å²) in [4.78, 5) is 26.6. The second kappa shape index (κ2) is 7.75. The van der Waals surface area contributed by atoms with Crippen LogP contribution >= 0.6 is 11.8 Å². The zero-order valence-electron chi connectivity index (χ0n) is 10.8. The van der Waals surface area contributed by atoms with E-state index in [1.807, 2.05) is 0 Å². The molecule has 2 N–H and O–H groups in total. The van der Waals surface area contributed by atoms with Crippen molar-refractivity contribution < 1.29 is 19.1 Å². The molecule has 1 atom stereocenters. The van der Waals surface area contributed by atoms with Crippen LogP contribution in [-0.4, -0.2) is 42.9 Å². The summed E-state index contributed by atoms with van der Waals surface area (Å²) in [5.41, 5.74) is 6.59. The number of esters is 2. The van der Waals surface area contributed by atoms with Gasteiger partial charge in [-0.3, -0.25) is 4.79 Å². The molecule has 0 saturated heterocycles. The largest absolute Gasteiger partial charge is 0.468 e. The number of thioether (sulfide) groups is 1. The van der Waals surface area contributed by atoms with Crippen LogP contribution in [0.25, 0.3) is 0 Å². The van der Waals surface area contributed by atoms with Crippen molar-refractivity contribution in [1.29, 1.82) is 0 Å².